The van der Waals surface area contributed by atoms with Crippen LogP contribution in [0.5, 0.6) is 5.75 Å². The lowest BCUT2D eigenvalue weighted by Crippen LogP contribution is -2.49. The molecule has 1 aliphatic rings. The van der Waals surface area contributed by atoms with Gasteiger partial charge in [-0.3, -0.25) is 9.69 Å². The highest BCUT2D eigenvalue weighted by Gasteiger charge is 2.26. The van der Waals surface area contributed by atoms with Crippen LogP contribution >= 0.6 is 23.2 Å². The zero-order chi connectivity index (χ0) is 26.5. The first kappa shape index (κ1) is 26.0. The Kier molecular flexibility index (Phi) is 8.13. The number of benzene rings is 3. The highest BCUT2D eigenvalue weighted by atomic mass is 35.5. The topological polar surface area (TPSA) is 50.6 Å². The second-order valence-corrected chi connectivity index (χ2v) is 9.87. The van der Waals surface area contributed by atoms with Crippen molar-refractivity contribution in [3.05, 3.63) is 106 Å². The number of halogens is 2. The van der Waals surface area contributed by atoms with Crippen LogP contribution in [0.25, 0.3) is 23.0 Å². The first-order valence-corrected chi connectivity index (χ1v) is 13.2. The van der Waals surface area contributed by atoms with Crippen LogP contribution in [-0.4, -0.2) is 65.3 Å². The third-order valence-corrected chi connectivity index (χ3v) is 7.33. The number of rotatable bonds is 7. The normalized spacial score (nSPS) is 14.2. The molecule has 0 atom stereocenters. The third-order valence-electron chi connectivity index (χ3n) is 6.60. The molecular weight excluding hydrogens is 519 g/mol. The van der Waals surface area contributed by atoms with E-state index in [4.69, 9.17) is 33.0 Å². The zero-order valence-corrected chi connectivity index (χ0v) is 22.6. The van der Waals surface area contributed by atoms with Gasteiger partial charge in [0.25, 0.3) is 5.91 Å². The first-order valence-electron chi connectivity index (χ1n) is 12.4. The fourth-order valence-corrected chi connectivity index (χ4v) is 4.74. The average Bonchev–Trinajstić information content (AvgIpc) is 3.41. The molecule has 3 aromatic carbocycles. The third kappa shape index (κ3) is 5.94. The van der Waals surface area contributed by atoms with E-state index in [1.807, 2.05) is 59.5 Å². The zero-order valence-electron chi connectivity index (χ0n) is 21.1. The number of hydrogen-bond donors (Lipinski definition) is 0. The van der Waals surface area contributed by atoms with E-state index in [1.54, 1.807) is 23.9 Å². The molecule has 0 N–H and O–H groups in total. The van der Waals surface area contributed by atoms with Gasteiger partial charge >= 0.3 is 0 Å². The van der Waals surface area contributed by atoms with Crippen molar-refractivity contribution in [1.82, 2.24) is 19.6 Å². The van der Waals surface area contributed by atoms with Crippen LogP contribution in [0.1, 0.15) is 16.1 Å². The maximum atomic E-state index is 13.8. The van der Waals surface area contributed by atoms with Crippen molar-refractivity contribution in [1.29, 1.82) is 0 Å². The Balaban J connectivity index is 1.34. The first-order chi connectivity index (χ1) is 18.5. The Morgan fingerprint density at radius 3 is 2.34 bits per heavy atom. The molecule has 0 bridgehead atoms. The minimum atomic E-state index is -0.0668. The van der Waals surface area contributed by atoms with E-state index in [0.717, 1.165) is 30.9 Å². The monoisotopic (exact) mass is 546 g/mol. The molecule has 1 aromatic heterocycles. The van der Waals surface area contributed by atoms with Crippen molar-refractivity contribution in [2.75, 3.05) is 39.8 Å². The molecule has 4 aromatic rings. The summed E-state index contributed by atoms with van der Waals surface area (Å²) in [6, 6.07) is 24.9. The van der Waals surface area contributed by atoms with E-state index in [0.29, 0.717) is 40.2 Å². The minimum Gasteiger partial charge on any atom is -0.497 e. The molecule has 0 radical (unpaired) electrons. The number of methoxy groups -OCH3 is 1. The van der Waals surface area contributed by atoms with Gasteiger partial charge in [-0.05, 0) is 54.1 Å². The number of carbonyl (C=O) groups excluding carboxylic acids is 1. The van der Waals surface area contributed by atoms with Gasteiger partial charge < -0.3 is 9.64 Å². The van der Waals surface area contributed by atoms with E-state index in [9.17, 15) is 4.79 Å². The van der Waals surface area contributed by atoms with Gasteiger partial charge in [-0.15, -0.1) is 0 Å². The van der Waals surface area contributed by atoms with E-state index in [1.165, 1.54) is 5.56 Å². The van der Waals surface area contributed by atoms with Crippen LogP contribution in [0.4, 0.5) is 0 Å². The Morgan fingerprint density at radius 2 is 1.66 bits per heavy atom. The maximum Gasteiger partial charge on any atom is 0.272 e. The summed E-state index contributed by atoms with van der Waals surface area (Å²) in [6.07, 6.45) is 4.31. The second kappa shape index (κ2) is 11.9. The number of aromatic nitrogens is 2. The molecule has 194 valence electrons. The summed E-state index contributed by atoms with van der Waals surface area (Å²) >= 11 is 12.5. The van der Waals surface area contributed by atoms with E-state index in [-0.39, 0.29) is 5.91 Å². The Labute approximate surface area is 232 Å². The van der Waals surface area contributed by atoms with Gasteiger partial charge in [0.15, 0.2) is 0 Å². The lowest BCUT2D eigenvalue weighted by Gasteiger charge is -2.34. The van der Waals surface area contributed by atoms with Crippen LogP contribution in [0.15, 0.2) is 84.9 Å². The van der Waals surface area contributed by atoms with E-state index in [2.05, 4.69) is 29.2 Å². The largest absolute Gasteiger partial charge is 0.497 e. The van der Waals surface area contributed by atoms with Gasteiger partial charge in [0, 0.05) is 38.3 Å². The number of carbonyl (C=O) groups is 1. The fourth-order valence-electron chi connectivity index (χ4n) is 4.45. The summed E-state index contributed by atoms with van der Waals surface area (Å²) in [5.74, 6) is 0.688. The van der Waals surface area contributed by atoms with Crippen molar-refractivity contribution in [3.63, 3.8) is 0 Å². The lowest BCUT2D eigenvalue weighted by molar-refractivity contribution is 0.0641. The molecule has 1 saturated heterocycles. The van der Waals surface area contributed by atoms with Crippen LogP contribution in [0, 0.1) is 0 Å². The van der Waals surface area contributed by atoms with E-state index >= 15 is 0 Å². The summed E-state index contributed by atoms with van der Waals surface area (Å²) in [7, 11) is 1.63. The van der Waals surface area contributed by atoms with Gasteiger partial charge in [-0.25, -0.2) is 4.68 Å². The number of amides is 1. The molecule has 38 heavy (non-hydrogen) atoms. The number of nitrogens with zero attached hydrogens (tertiary/aromatic N) is 4. The molecule has 1 amide bonds. The smallest absolute Gasteiger partial charge is 0.272 e. The van der Waals surface area contributed by atoms with Crippen LogP contribution < -0.4 is 4.74 Å². The minimum absolute atomic E-state index is 0.0668. The van der Waals surface area contributed by atoms with Gasteiger partial charge in [0.1, 0.15) is 11.4 Å². The summed E-state index contributed by atoms with van der Waals surface area (Å²) in [5.41, 5.74) is 3.91. The Bertz CT molecular complexity index is 1430. The van der Waals surface area contributed by atoms with Crippen molar-refractivity contribution in [2.24, 2.45) is 0 Å². The fraction of sp³-hybridized carbons (Fsp3) is 0.200. The molecule has 1 aliphatic heterocycles. The number of hydrogen-bond acceptors (Lipinski definition) is 4. The summed E-state index contributed by atoms with van der Waals surface area (Å²) in [5, 5.41) is 5.64. The standard InChI is InChI=1S/C30H28Cl2N4O2/c1-38-25-12-9-23(10-13-25)28-21-29(36(33-28)24-11-14-26(31)27(32)20-24)30(37)35-18-16-34(17-19-35)15-5-8-22-6-3-2-4-7-22/h2-14,20-21H,15-19H2,1H3/b8-5+. The van der Waals surface area contributed by atoms with Gasteiger partial charge in [0.2, 0.25) is 0 Å². The average molecular weight is 547 g/mol. The molecule has 0 aliphatic carbocycles. The molecule has 8 heteroatoms. The second-order valence-electron chi connectivity index (χ2n) is 9.06. The van der Waals surface area contributed by atoms with Crippen LogP contribution in [0.3, 0.4) is 0 Å². The van der Waals surface area contributed by atoms with Crippen LogP contribution in [0.2, 0.25) is 10.0 Å². The molecule has 0 saturated carbocycles. The lowest BCUT2D eigenvalue weighted by atomic mass is 10.1. The van der Waals surface area contributed by atoms with Gasteiger partial charge in [0.05, 0.1) is 28.5 Å². The predicted molar refractivity (Wildman–Crippen MR) is 153 cm³/mol. The summed E-state index contributed by atoms with van der Waals surface area (Å²) in [6.45, 7) is 3.73. The highest BCUT2D eigenvalue weighted by Crippen LogP contribution is 2.28. The number of ether oxygens (including phenoxy) is 1. The number of piperazine rings is 1. The van der Waals surface area contributed by atoms with Crippen molar-refractivity contribution in [2.45, 2.75) is 0 Å². The SMILES string of the molecule is COc1ccc(-c2cc(C(=O)N3CCN(C/C=C/c4ccccc4)CC3)n(-c3ccc(Cl)c(Cl)c3)n2)cc1. The Morgan fingerprint density at radius 1 is 0.921 bits per heavy atom. The molecule has 5 rings (SSSR count). The quantitative estimate of drug-likeness (QED) is 0.272. The van der Waals surface area contributed by atoms with E-state index < -0.39 is 0 Å². The summed E-state index contributed by atoms with van der Waals surface area (Å²) < 4.78 is 6.93. The molecule has 0 unspecified atom stereocenters. The molecule has 2 heterocycles. The van der Waals surface area contributed by atoms with Crippen molar-refractivity contribution >= 4 is 35.2 Å². The Hall–Kier alpha value is -3.58. The van der Waals surface area contributed by atoms with Gasteiger partial charge in [-0.1, -0.05) is 65.7 Å². The molecular formula is C30H28Cl2N4O2. The molecule has 0 spiro atoms. The predicted octanol–water partition coefficient (Wildman–Crippen LogP) is 6.33. The molecule has 6 nitrogen and oxygen atoms in total. The molecule has 1 fully saturated rings. The van der Waals surface area contributed by atoms with Crippen molar-refractivity contribution < 1.29 is 9.53 Å². The van der Waals surface area contributed by atoms with Crippen molar-refractivity contribution in [3.8, 4) is 22.7 Å². The maximum absolute atomic E-state index is 13.8. The van der Waals surface area contributed by atoms with Crippen LogP contribution in [-0.2, 0) is 0 Å². The summed E-state index contributed by atoms with van der Waals surface area (Å²) in [4.78, 5) is 18.0. The van der Waals surface area contributed by atoms with Gasteiger partial charge in [-0.2, -0.15) is 5.10 Å². The highest BCUT2D eigenvalue weighted by molar-refractivity contribution is 6.42.